The Bertz CT molecular complexity index is 919. The van der Waals surface area contributed by atoms with Gasteiger partial charge in [0.2, 0.25) is 5.89 Å². The monoisotopic (exact) mass is 336 g/mol. The molecule has 5 nitrogen and oxygen atoms in total. The number of hydrogen-bond acceptors (Lipinski definition) is 4. The number of aliphatic hydroxyl groups excluding tert-OH is 1. The minimum Gasteiger partial charge on any atom is -0.388 e. The van der Waals surface area contributed by atoms with Crippen molar-refractivity contribution in [3.05, 3.63) is 76.0 Å². The first-order valence-corrected chi connectivity index (χ1v) is 6.91. The summed E-state index contributed by atoms with van der Waals surface area (Å²) in [5.41, 5.74) is 0.0620. The third kappa shape index (κ3) is 3.23. The largest absolute Gasteiger partial charge is 0.437 e. The first-order chi connectivity index (χ1) is 11.4. The van der Waals surface area contributed by atoms with Gasteiger partial charge in [-0.1, -0.05) is 0 Å². The second-order valence-electron chi connectivity index (χ2n) is 5.04. The zero-order valence-electron chi connectivity index (χ0n) is 12.1. The van der Waals surface area contributed by atoms with Crippen molar-refractivity contribution in [2.75, 3.05) is 0 Å². The van der Waals surface area contributed by atoms with E-state index >= 15 is 0 Å². The van der Waals surface area contributed by atoms with E-state index in [-0.39, 0.29) is 11.5 Å². The molecule has 0 aliphatic heterocycles. The first kappa shape index (κ1) is 16.0. The van der Waals surface area contributed by atoms with E-state index in [0.717, 1.165) is 22.9 Å². The molecule has 3 rings (SSSR count). The Hall–Kier alpha value is -2.87. The van der Waals surface area contributed by atoms with Crippen LogP contribution in [0, 0.1) is 17.5 Å². The molecule has 1 atom stereocenters. The van der Waals surface area contributed by atoms with Crippen LogP contribution in [-0.2, 0) is 6.54 Å². The Morgan fingerprint density at radius 2 is 1.75 bits per heavy atom. The molecule has 0 fully saturated rings. The Labute approximate surface area is 133 Å². The van der Waals surface area contributed by atoms with Crippen LogP contribution in [-0.4, -0.2) is 14.9 Å². The van der Waals surface area contributed by atoms with Crippen LogP contribution in [0.1, 0.15) is 11.7 Å². The normalized spacial score (nSPS) is 12.3. The number of rotatable bonds is 4. The molecule has 0 spiro atoms. The number of nitrogens with zero attached hydrogens (tertiary/aromatic N) is 2. The molecule has 0 aliphatic carbocycles. The van der Waals surface area contributed by atoms with Gasteiger partial charge in [-0.2, -0.15) is 4.68 Å². The fraction of sp³-hybridized carbons (Fsp3) is 0.125. The molecular weight excluding hydrogens is 325 g/mol. The molecule has 1 N–H and O–H groups in total. The van der Waals surface area contributed by atoms with Crippen molar-refractivity contribution in [2.45, 2.75) is 12.6 Å². The summed E-state index contributed by atoms with van der Waals surface area (Å²) < 4.78 is 45.4. The number of aromatic nitrogens is 2. The summed E-state index contributed by atoms with van der Waals surface area (Å²) in [5, 5.41) is 13.9. The highest BCUT2D eigenvalue weighted by Crippen LogP contribution is 2.20. The van der Waals surface area contributed by atoms with Crippen LogP contribution in [0.25, 0.3) is 11.5 Å². The second-order valence-corrected chi connectivity index (χ2v) is 5.04. The van der Waals surface area contributed by atoms with Crippen LogP contribution in [0.2, 0.25) is 0 Å². The Balaban J connectivity index is 1.87. The van der Waals surface area contributed by atoms with Gasteiger partial charge in [-0.25, -0.2) is 18.0 Å². The number of halogens is 3. The molecule has 0 amide bonds. The molecule has 1 unspecified atom stereocenters. The fourth-order valence-corrected chi connectivity index (χ4v) is 2.16. The molecule has 0 radical (unpaired) electrons. The minimum atomic E-state index is -1.50. The van der Waals surface area contributed by atoms with E-state index in [4.69, 9.17) is 4.42 Å². The maximum atomic E-state index is 13.6. The predicted octanol–water partition coefficient (Wildman–Crippen LogP) is 2.65. The topological polar surface area (TPSA) is 68.3 Å². The van der Waals surface area contributed by atoms with Crippen LogP contribution in [0.4, 0.5) is 13.2 Å². The van der Waals surface area contributed by atoms with Crippen molar-refractivity contribution >= 4 is 0 Å². The Morgan fingerprint density at radius 3 is 2.46 bits per heavy atom. The maximum absolute atomic E-state index is 13.6. The van der Waals surface area contributed by atoms with Gasteiger partial charge < -0.3 is 9.52 Å². The van der Waals surface area contributed by atoms with Gasteiger partial charge in [-0.15, -0.1) is 5.10 Å². The summed E-state index contributed by atoms with van der Waals surface area (Å²) in [6, 6.07) is 7.72. The molecule has 3 aromatic rings. The van der Waals surface area contributed by atoms with Gasteiger partial charge in [-0.05, 0) is 42.5 Å². The van der Waals surface area contributed by atoms with E-state index in [0.29, 0.717) is 5.56 Å². The highest BCUT2D eigenvalue weighted by molar-refractivity contribution is 5.51. The number of aliphatic hydroxyl groups is 1. The highest BCUT2D eigenvalue weighted by atomic mass is 19.1. The smallest absolute Gasteiger partial charge is 0.388 e. The van der Waals surface area contributed by atoms with Crippen LogP contribution >= 0.6 is 0 Å². The van der Waals surface area contributed by atoms with E-state index in [1.165, 1.54) is 24.3 Å². The molecule has 0 saturated heterocycles. The molecule has 0 bridgehead atoms. The van der Waals surface area contributed by atoms with E-state index < -0.39 is 35.9 Å². The summed E-state index contributed by atoms with van der Waals surface area (Å²) in [6.45, 7) is -0.427. The van der Waals surface area contributed by atoms with Crippen LogP contribution in [0.5, 0.6) is 0 Å². The fourth-order valence-electron chi connectivity index (χ4n) is 2.16. The predicted molar refractivity (Wildman–Crippen MR) is 77.5 cm³/mol. The van der Waals surface area contributed by atoms with E-state index in [2.05, 4.69) is 5.10 Å². The lowest BCUT2D eigenvalue weighted by atomic mass is 10.1. The average Bonchev–Trinajstić information content (AvgIpc) is 2.91. The molecule has 24 heavy (non-hydrogen) atoms. The van der Waals surface area contributed by atoms with Crippen molar-refractivity contribution in [3.63, 3.8) is 0 Å². The molecule has 8 heteroatoms. The Kier molecular flexibility index (Phi) is 4.22. The van der Waals surface area contributed by atoms with Gasteiger partial charge in [0.15, 0.2) is 0 Å². The van der Waals surface area contributed by atoms with Gasteiger partial charge >= 0.3 is 5.76 Å². The maximum Gasteiger partial charge on any atom is 0.437 e. The van der Waals surface area contributed by atoms with Crippen LogP contribution in [0.3, 0.4) is 0 Å². The summed E-state index contributed by atoms with van der Waals surface area (Å²) in [7, 11) is 0. The van der Waals surface area contributed by atoms with Crippen molar-refractivity contribution in [2.24, 2.45) is 0 Å². The molecule has 2 aromatic carbocycles. The minimum absolute atomic E-state index is 0.0769. The Morgan fingerprint density at radius 1 is 1.08 bits per heavy atom. The quantitative estimate of drug-likeness (QED) is 0.795. The van der Waals surface area contributed by atoms with Gasteiger partial charge in [0.05, 0.1) is 6.54 Å². The lowest BCUT2D eigenvalue weighted by Gasteiger charge is -2.10. The molecule has 0 aliphatic rings. The van der Waals surface area contributed by atoms with Crippen molar-refractivity contribution in [1.29, 1.82) is 0 Å². The lowest BCUT2D eigenvalue weighted by Crippen LogP contribution is -2.21. The zero-order chi connectivity index (χ0) is 17.3. The average molecular weight is 336 g/mol. The zero-order valence-corrected chi connectivity index (χ0v) is 12.1. The van der Waals surface area contributed by atoms with Gasteiger partial charge in [-0.3, -0.25) is 0 Å². The van der Waals surface area contributed by atoms with Gasteiger partial charge in [0.1, 0.15) is 23.6 Å². The van der Waals surface area contributed by atoms with Crippen LogP contribution < -0.4 is 5.76 Å². The van der Waals surface area contributed by atoms with Crippen molar-refractivity contribution in [3.8, 4) is 11.5 Å². The van der Waals surface area contributed by atoms with Crippen molar-refractivity contribution in [1.82, 2.24) is 9.78 Å². The first-order valence-electron chi connectivity index (χ1n) is 6.91. The van der Waals surface area contributed by atoms with Gasteiger partial charge in [0.25, 0.3) is 0 Å². The summed E-state index contributed by atoms with van der Waals surface area (Å²) in [5.74, 6) is -2.95. The SMILES string of the molecule is O=c1oc(-c2ccc(F)cc2)nn1CC(O)c1cc(F)ccc1F. The van der Waals surface area contributed by atoms with Gasteiger partial charge in [0, 0.05) is 11.1 Å². The second kappa shape index (κ2) is 6.32. The molecular formula is C16H11F3N2O3. The van der Waals surface area contributed by atoms with Crippen LogP contribution in [0.15, 0.2) is 51.7 Å². The van der Waals surface area contributed by atoms with Crippen molar-refractivity contribution < 1.29 is 22.7 Å². The highest BCUT2D eigenvalue weighted by Gasteiger charge is 2.18. The van der Waals surface area contributed by atoms with E-state index in [9.17, 15) is 23.1 Å². The summed E-state index contributed by atoms with van der Waals surface area (Å²) in [6.07, 6.45) is -1.50. The lowest BCUT2D eigenvalue weighted by molar-refractivity contribution is 0.144. The van der Waals surface area contributed by atoms with E-state index in [1.807, 2.05) is 0 Å². The summed E-state index contributed by atoms with van der Waals surface area (Å²) >= 11 is 0. The third-order valence-electron chi connectivity index (χ3n) is 3.36. The molecule has 0 saturated carbocycles. The molecule has 1 heterocycles. The molecule has 124 valence electrons. The van der Waals surface area contributed by atoms with E-state index in [1.54, 1.807) is 0 Å². The molecule has 1 aromatic heterocycles. The standard InChI is InChI=1S/C16H11F3N2O3/c17-10-3-1-9(2-4-10)15-20-21(16(23)24-15)8-14(22)12-7-11(18)5-6-13(12)19/h1-7,14,22H,8H2. The number of benzene rings is 2. The summed E-state index contributed by atoms with van der Waals surface area (Å²) in [4.78, 5) is 11.8. The third-order valence-corrected chi connectivity index (χ3v) is 3.36. The number of hydrogen-bond donors (Lipinski definition) is 1.